The molecule has 1 aromatic rings. The van der Waals surface area contributed by atoms with Crippen molar-refractivity contribution in [2.75, 3.05) is 13.1 Å². The van der Waals surface area contributed by atoms with Gasteiger partial charge in [0.15, 0.2) is 0 Å². The zero-order chi connectivity index (χ0) is 13.3. The van der Waals surface area contributed by atoms with Gasteiger partial charge >= 0.3 is 5.97 Å². The Labute approximate surface area is 112 Å². The largest absolute Gasteiger partial charge is 0.481 e. The fraction of sp³-hybridized carbons (Fsp3) is 0.692. The van der Waals surface area contributed by atoms with Crippen molar-refractivity contribution < 1.29 is 9.90 Å². The number of rotatable bonds is 3. The highest BCUT2D eigenvalue weighted by Crippen LogP contribution is 2.27. The van der Waals surface area contributed by atoms with Gasteiger partial charge in [0, 0.05) is 23.9 Å². The lowest BCUT2D eigenvalue weighted by molar-refractivity contribution is -0.141. The topological polar surface area (TPSA) is 53.4 Å². The number of thiazole rings is 1. The van der Waals surface area contributed by atoms with E-state index in [-0.39, 0.29) is 11.3 Å². The highest BCUT2D eigenvalue weighted by atomic mass is 32.1. The van der Waals surface area contributed by atoms with Crippen molar-refractivity contribution in [1.82, 2.24) is 9.88 Å². The molecule has 1 aliphatic heterocycles. The molecule has 1 N–H and O–H groups in total. The molecule has 0 spiro atoms. The summed E-state index contributed by atoms with van der Waals surface area (Å²) in [7, 11) is 0. The monoisotopic (exact) mass is 268 g/mol. The summed E-state index contributed by atoms with van der Waals surface area (Å²) >= 11 is 1.69. The van der Waals surface area contributed by atoms with Crippen LogP contribution in [0, 0.1) is 5.92 Å². The van der Waals surface area contributed by atoms with Gasteiger partial charge in [-0.1, -0.05) is 20.8 Å². The van der Waals surface area contributed by atoms with Gasteiger partial charge in [-0.3, -0.25) is 9.69 Å². The molecule has 0 aromatic carbocycles. The van der Waals surface area contributed by atoms with Gasteiger partial charge in [0.1, 0.15) is 0 Å². The van der Waals surface area contributed by atoms with Crippen LogP contribution in [0.3, 0.4) is 0 Å². The van der Waals surface area contributed by atoms with E-state index in [0.717, 1.165) is 30.2 Å². The van der Waals surface area contributed by atoms with Crippen molar-refractivity contribution in [3.63, 3.8) is 0 Å². The summed E-state index contributed by atoms with van der Waals surface area (Å²) in [4.78, 5) is 17.7. The molecule has 1 aromatic heterocycles. The summed E-state index contributed by atoms with van der Waals surface area (Å²) in [5.41, 5.74) is 1.16. The molecule has 2 rings (SSSR count). The molecule has 18 heavy (non-hydrogen) atoms. The van der Waals surface area contributed by atoms with Crippen LogP contribution >= 0.6 is 11.3 Å². The fourth-order valence-corrected chi connectivity index (χ4v) is 3.03. The van der Waals surface area contributed by atoms with Crippen LogP contribution in [0.1, 0.15) is 37.9 Å². The maximum absolute atomic E-state index is 10.9. The summed E-state index contributed by atoms with van der Waals surface area (Å²) in [6.07, 6.45) is 0.756. The number of aromatic nitrogens is 1. The van der Waals surface area contributed by atoms with Crippen LogP contribution in [0.25, 0.3) is 0 Å². The van der Waals surface area contributed by atoms with Crippen molar-refractivity contribution in [3.8, 4) is 0 Å². The highest BCUT2D eigenvalue weighted by molar-refractivity contribution is 7.09. The van der Waals surface area contributed by atoms with E-state index in [9.17, 15) is 4.79 Å². The molecule has 5 heteroatoms. The normalized spacial score (nSPS) is 21.4. The lowest BCUT2D eigenvalue weighted by Crippen LogP contribution is -2.23. The van der Waals surface area contributed by atoms with Gasteiger partial charge in [-0.2, -0.15) is 0 Å². The van der Waals surface area contributed by atoms with Gasteiger partial charge < -0.3 is 5.11 Å². The number of carboxylic acid groups (broad SMARTS) is 1. The number of carbonyl (C=O) groups is 1. The molecule has 1 saturated heterocycles. The second kappa shape index (κ2) is 4.97. The molecule has 0 saturated carbocycles. The molecule has 1 unspecified atom stereocenters. The molecule has 100 valence electrons. The number of nitrogens with zero attached hydrogens (tertiary/aromatic N) is 2. The van der Waals surface area contributed by atoms with Crippen molar-refractivity contribution in [3.05, 3.63) is 16.1 Å². The minimum Gasteiger partial charge on any atom is -0.481 e. The van der Waals surface area contributed by atoms with Crippen LogP contribution in [0.2, 0.25) is 0 Å². The SMILES string of the molecule is CC(C)(C)c1nc(CN2CCC(C(=O)O)C2)cs1. The molecular weight excluding hydrogens is 248 g/mol. The average molecular weight is 268 g/mol. The summed E-state index contributed by atoms with van der Waals surface area (Å²) < 4.78 is 0. The zero-order valence-corrected chi connectivity index (χ0v) is 12.0. The molecule has 4 nitrogen and oxygen atoms in total. The van der Waals surface area contributed by atoms with E-state index in [1.165, 1.54) is 0 Å². The van der Waals surface area contributed by atoms with Gasteiger partial charge in [0.25, 0.3) is 0 Å². The van der Waals surface area contributed by atoms with E-state index < -0.39 is 5.97 Å². The van der Waals surface area contributed by atoms with Crippen LogP contribution in [-0.2, 0) is 16.8 Å². The number of hydrogen-bond acceptors (Lipinski definition) is 4. The van der Waals surface area contributed by atoms with Gasteiger partial charge in [0.2, 0.25) is 0 Å². The van der Waals surface area contributed by atoms with Gasteiger partial charge in [0.05, 0.1) is 16.6 Å². The summed E-state index contributed by atoms with van der Waals surface area (Å²) in [6.45, 7) is 8.76. The van der Waals surface area contributed by atoms with Gasteiger partial charge in [-0.15, -0.1) is 11.3 Å². The number of carboxylic acids is 1. The molecule has 1 fully saturated rings. The van der Waals surface area contributed by atoms with E-state index in [1.54, 1.807) is 11.3 Å². The molecule has 0 radical (unpaired) electrons. The zero-order valence-electron chi connectivity index (χ0n) is 11.1. The summed E-state index contributed by atoms with van der Waals surface area (Å²) in [5, 5.41) is 12.2. The molecule has 0 aliphatic carbocycles. The van der Waals surface area contributed by atoms with Crippen molar-refractivity contribution in [1.29, 1.82) is 0 Å². The Morgan fingerprint density at radius 3 is 2.83 bits per heavy atom. The first-order chi connectivity index (χ1) is 8.36. The van der Waals surface area contributed by atoms with E-state index in [0.29, 0.717) is 6.54 Å². The maximum Gasteiger partial charge on any atom is 0.307 e. The second-order valence-corrected chi connectivity index (χ2v) is 6.81. The Bertz CT molecular complexity index is 436. The van der Waals surface area contributed by atoms with Gasteiger partial charge in [-0.25, -0.2) is 4.98 Å². The first-order valence-electron chi connectivity index (χ1n) is 6.26. The molecule has 1 atom stereocenters. The number of hydrogen-bond donors (Lipinski definition) is 1. The van der Waals surface area contributed by atoms with E-state index in [4.69, 9.17) is 5.11 Å². The lowest BCUT2D eigenvalue weighted by atomic mass is 9.98. The predicted molar refractivity (Wildman–Crippen MR) is 71.8 cm³/mol. The molecule has 0 bridgehead atoms. The molecule has 2 heterocycles. The minimum absolute atomic E-state index is 0.0948. The molecule has 0 amide bonds. The quantitative estimate of drug-likeness (QED) is 0.914. The van der Waals surface area contributed by atoms with Crippen molar-refractivity contribution in [2.45, 2.75) is 39.2 Å². The van der Waals surface area contributed by atoms with Crippen LogP contribution < -0.4 is 0 Å². The van der Waals surface area contributed by atoms with Crippen molar-refractivity contribution in [2.24, 2.45) is 5.92 Å². The van der Waals surface area contributed by atoms with Gasteiger partial charge in [-0.05, 0) is 13.0 Å². The number of likely N-dealkylation sites (tertiary alicyclic amines) is 1. The third-order valence-corrected chi connectivity index (χ3v) is 4.52. The minimum atomic E-state index is -0.675. The van der Waals surface area contributed by atoms with E-state index >= 15 is 0 Å². The fourth-order valence-electron chi connectivity index (χ4n) is 2.13. The van der Waals surface area contributed by atoms with E-state index in [1.807, 2.05) is 0 Å². The Kier molecular flexibility index (Phi) is 3.73. The summed E-state index contributed by atoms with van der Waals surface area (Å²) in [5.74, 6) is -0.878. The Morgan fingerprint density at radius 1 is 1.61 bits per heavy atom. The van der Waals surface area contributed by atoms with Crippen molar-refractivity contribution >= 4 is 17.3 Å². The summed E-state index contributed by atoms with van der Waals surface area (Å²) in [6, 6.07) is 0. The smallest absolute Gasteiger partial charge is 0.307 e. The third-order valence-electron chi connectivity index (χ3n) is 3.20. The predicted octanol–water partition coefficient (Wildman–Crippen LogP) is 2.35. The Hall–Kier alpha value is -0.940. The maximum atomic E-state index is 10.9. The first kappa shape index (κ1) is 13.5. The first-order valence-corrected chi connectivity index (χ1v) is 7.14. The van der Waals surface area contributed by atoms with Crippen LogP contribution in [-0.4, -0.2) is 34.0 Å². The highest BCUT2D eigenvalue weighted by Gasteiger charge is 2.28. The van der Waals surface area contributed by atoms with Crippen LogP contribution in [0.15, 0.2) is 5.38 Å². The van der Waals surface area contributed by atoms with Crippen LogP contribution in [0.4, 0.5) is 0 Å². The van der Waals surface area contributed by atoms with E-state index in [2.05, 4.69) is 36.0 Å². The lowest BCUT2D eigenvalue weighted by Gasteiger charge is -2.15. The Balaban J connectivity index is 1.95. The Morgan fingerprint density at radius 2 is 2.33 bits per heavy atom. The second-order valence-electron chi connectivity index (χ2n) is 5.95. The van der Waals surface area contributed by atoms with Crippen LogP contribution in [0.5, 0.6) is 0 Å². The average Bonchev–Trinajstić information content (AvgIpc) is 2.85. The molecule has 1 aliphatic rings. The standard InChI is InChI=1S/C13H20N2O2S/c1-13(2,3)12-14-10(8-18-12)7-15-5-4-9(6-15)11(16)17/h8-9H,4-7H2,1-3H3,(H,16,17). The number of aliphatic carboxylic acids is 1. The third kappa shape index (κ3) is 3.09. The molecular formula is C13H20N2O2S.